The van der Waals surface area contributed by atoms with E-state index in [1.54, 1.807) is 0 Å². The zero-order valence-electron chi connectivity index (χ0n) is 14.5. The topological polar surface area (TPSA) is 67.6 Å². The maximum absolute atomic E-state index is 12.2. The number of hydrogen-bond acceptors (Lipinski definition) is 4. The average Bonchev–Trinajstić information content (AvgIpc) is 2.70. The van der Waals surface area contributed by atoms with Gasteiger partial charge in [0.15, 0.2) is 0 Å². The van der Waals surface area contributed by atoms with Crippen LogP contribution in [-0.4, -0.2) is 35.7 Å². The fraction of sp³-hybridized carbons (Fsp3) is 0.611. The Morgan fingerprint density at radius 1 is 1.30 bits per heavy atom. The lowest BCUT2D eigenvalue weighted by atomic mass is 10.1. The molecule has 5 heteroatoms. The summed E-state index contributed by atoms with van der Waals surface area (Å²) in [6.45, 7) is 7.97. The van der Waals surface area contributed by atoms with Crippen LogP contribution in [0.3, 0.4) is 0 Å². The molecule has 1 aliphatic rings. The predicted octanol–water partition coefficient (Wildman–Crippen LogP) is 3.15. The van der Waals surface area contributed by atoms with E-state index in [0.29, 0.717) is 6.04 Å². The number of nitrogen functional groups attached to an aromatic ring is 1. The van der Waals surface area contributed by atoms with E-state index in [4.69, 9.17) is 10.5 Å². The first kappa shape index (κ1) is 17.6. The zero-order valence-corrected chi connectivity index (χ0v) is 14.5. The Labute approximate surface area is 139 Å². The highest BCUT2D eigenvalue weighted by molar-refractivity contribution is 5.68. The minimum atomic E-state index is -0.439. The molecule has 0 saturated carbocycles. The van der Waals surface area contributed by atoms with E-state index in [-0.39, 0.29) is 6.09 Å². The van der Waals surface area contributed by atoms with Crippen molar-refractivity contribution in [1.29, 1.82) is 0 Å². The second-order valence-corrected chi connectivity index (χ2v) is 7.17. The van der Waals surface area contributed by atoms with E-state index in [0.717, 1.165) is 50.1 Å². The maximum Gasteiger partial charge on any atom is 0.410 e. The van der Waals surface area contributed by atoms with E-state index in [2.05, 4.69) is 5.32 Å². The molecule has 1 heterocycles. The van der Waals surface area contributed by atoms with Crippen molar-refractivity contribution in [2.45, 2.75) is 58.2 Å². The van der Waals surface area contributed by atoms with Crippen LogP contribution in [0.1, 0.15) is 45.6 Å². The zero-order chi connectivity index (χ0) is 16.9. The van der Waals surface area contributed by atoms with Crippen molar-refractivity contribution in [3.05, 3.63) is 29.8 Å². The smallest absolute Gasteiger partial charge is 0.410 e. The third kappa shape index (κ3) is 5.75. The van der Waals surface area contributed by atoms with Crippen molar-refractivity contribution < 1.29 is 9.53 Å². The van der Waals surface area contributed by atoms with Gasteiger partial charge >= 0.3 is 6.09 Å². The molecule has 128 valence electrons. The lowest BCUT2D eigenvalue weighted by Crippen LogP contribution is -2.38. The van der Waals surface area contributed by atoms with Gasteiger partial charge in [0.2, 0.25) is 0 Å². The van der Waals surface area contributed by atoms with Crippen LogP contribution < -0.4 is 11.1 Å². The van der Waals surface area contributed by atoms with Crippen molar-refractivity contribution in [2.75, 3.05) is 18.8 Å². The van der Waals surface area contributed by atoms with Crippen molar-refractivity contribution >= 4 is 11.8 Å². The molecule has 3 N–H and O–H groups in total. The minimum Gasteiger partial charge on any atom is -0.444 e. The lowest BCUT2D eigenvalue weighted by Gasteiger charge is -2.26. The molecule has 0 aliphatic carbocycles. The number of nitrogens with zero attached hydrogens (tertiary/aromatic N) is 1. The normalized spacial score (nSPS) is 19.3. The fourth-order valence-corrected chi connectivity index (χ4v) is 2.76. The van der Waals surface area contributed by atoms with Crippen LogP contribution in [-0.2, 0) is 11.3 Å². The first-order valence-electron chi connectivity index (χ1n) is 8.40. The van der Waals surface area contributed by atoms with Crippen LogP contribution in [0.2, 0.25) is 0 Å². The number of para-hydroxylation sites is 1. The molecule has 1 fully saturated rings. The summed E-state index contributed by atoms with van der Waals surface area (Å²) in [6.07, 6.45) is 2.78. The second kappa shape index (κ2) is 7.68. The average molecular weight is 319 g/mol. The van der Waals surface area contributed by atoms with Crippen molar-refractivity contribution in [3.8, 4) is 0 Å². The number of likely N-dealkylation sites (tertiary alicyclic amines) is 1. The minimum absolute atomic E-state index is 0.203. The summed E-state index contributed by atoms with van der Waals surface area (Å²) in [4.78, 5) is 14.0. The molecule has 1 saturated heterocycles. The first-order chi connectivity index (χ1) is 10.8. The van der Waals surface area contributed by atoms with Gasteiger partial charge in [-0.3, -0.25) is 0 Å². The van der Waals surface area contributed by atoms with Gasteiger partial charge in [-0.2, -0.15) is 0 Å². The van der Waals surface area contributed by atoms with Gasteiger partial charge < -0.3 is 20.7 Å². The third-order valence-corrected chi connectivity index (χ3v) is 4.02. The molecule has 1 atom stereocenters. The molecule has 5 nitrogen and oxygen atoms in total. The van der Waals surface area contributed by atoms with Crippen molar-refractivity contribution in [3.63, 3.8) is 0 Å². The molecule has 1 aromatic carbocycles. The van der Waals surface area contributed by atoms with Gasteiger partial charge in [-0.05, 0) is 51.7 Å². The number of anilines is 1. The van der Waals surface area contributed by atoms with Crippen molar-refractivity contribution in [1.82, 2.24) is 10.2 Å². The number of ether oxygens (including phenoxy) is 1. The fourth-order valence-electron chi connectivity index (χ4n) is 2.76. The first-order valence-corrected chi connectivity index (χ1v) is 8.40. The molecule has 1 unspecified atom stereocenters. The van der Waals surface area contributed by atoms with Gasteiger partial charge in [-0.25, -0.2) is 4.79 Å². The van der Waals surface area contributed by atoms with Crippen LogP contribution in [0.4, 0.5) is 10.5 Å². The second-order valence-electron chi connectivity index (χ2n) is 7.17. The summed E-state index contributed by atoms with van der Waals surface area (Å²) in [5.41, 5.74) is 7.49. The van der Waals surface area contributed by atoms with Crippen LogP contribution in [0.25, 0.3) is 0 Å². The molecule has 0 aromatic heterocycles. The van der Waals surface area contributed by atoms with Gasteiger partial charge in [0, 0.05) is 31.4 Å². The Morgan fingerprint density at radius 2 is 2.04 bits per heavy atom. The van der Waals surface area contributed by atoms with E-state index in [1.165, 1.54) is 0 Å². The SMILES string of the molecule is CC(C)(C)OC(=O)N1CCCC(NCc2ccccc2N)CC1. The van der Waals surface area contributed by atoms with Crippen molar-refractivity contribution in [2.24, 2.45) is 0 Å². The number of benzene rings is 1. The van der Waals surface area contributed by atoms with Gasteiger partial charge in [0.25, 0.3) is 0 Å². The Kier molecular flexibility index (Phi) is 5.88. The Balaban J connectivity index is 1.82. The molecule has 1 aliphatic heterocycles. The largest absolute Gasteiger partial charge is 0.444 e. The standard InChI is InChI=1S/C18H29N3O2/c1-18(2,3)23-17(22)21-11-6-8-15(10-12-21)20-13-14-7-4-5-9-16(14)19/h4-5,7,9,15,20H,6,8,10-13,19H2,1-3H3. The monoisotopic (exact) mass is 319 g/mol. The highest BCUT2D eigenvalue weighted by Crippen LogP contribution is 2.17. The van der Waals surface area contributed by atoms with Gasteiger partial charge in [0.05, 0.1) is 0 Å². The molecule has 0 radical (unpaired) electrons. The van der Waals surface area contributed by atoms with E-state index in [1.807, 2.05) is 49.9 Å². The highest BCUT2D eigenvalue weighted by atomic mass is 16.6. The lowest BCUT2D eigenvalue weighted by molar-refractivity contribution is 0.0256. The molecule has 1 aromatic rings. The van der Waals surface area contributed by atoms with Gasteiger partial charge in [-0.1, -0.05) is 18.2 Å². The van der Waals surface area contributed by atoms with Crippen LogP contribution >= 0.6 is 0 Å². The van der Waals surface area contributed by atoms with Crippen LogP contribution in [0.15, 0.2) is 24.3 Å². The third-order valence-electron chi connectivity index (χ3n) is 4.02. The predicted molar refractivity (Wildman–Crippen MR) is 93.1 cm³/mol. The summed E-state index contributed by atoms with van der Waals surface area (Å²) in [5.74, 6) is 0. The number of nitrogens with two attached hydrogens (primary N) is 1. The summed E-state index contributed by atoms with van der Waals surface area (Å²) in [5, 5.41) is 3.57. The number of carbonyl (C=O) groups excluding carboxylic acids is 1. The molecular formula is C18H29N3O2. The number of carbonyl (C=O) groups is 1. The molecule has 23 heavy (non-hydrogen) atoms. The Hall–Kier alpha value is -1.75. The molecule has 1 amide bonds. The van der Waals surface area contributed by atoms with E-state index >= 15 is 0 Å². The van der Waals surface area contributed by atoms with E-state index < -0.39 is 5.60 Å². The summed E-state index contributed by atoms with van der Waals surface area (Å²) in [6, 6.07) is 8.33. The van der Waals surface area contributed by atoms with E-state index in [9.17, 15) is 4.79 Å². The summed E-state index contributed by atoms with van der Waals surface area (Å²) < 4.78 is 5.46. The number of amides is 1. The van der Waals surface area contributed by atoms with Crippen LogP contribution in [0.5, 0.6) is 0 Å². The summed E-state index contributed by atoms with van der Waals surface area (Å²) in [7, 11) is 0. The molecular weight excluding hydrogens is 290 g/mol. The maximum atomic E-state index is 12.2. The van der Waals surface area contributed by atoms with Crippen LogP contribution in [0, 0.1) is 0 Å². The number of rotatable bonds is 3. The number of hydrogen-bond donors (Lipinski definition) is 2. The Morgan fingerprint density at radius 3 is 2.74 bits per heavy atom. The summed E-state index contributed by atoms with van der Waals surface area (Å²) >= 11 is 0. The highest BCUT2D eigenvalue weighted by Gasteiger charge is 2.25. The number of nitrogens with one attached hydrogen (secondary N) is 1. The molecule has 0 spiro atoms. The van der Waals surface area contributed by atoms with Gasteiger partial charge in [0.1, 0.15) is 5.60 Å². The van der Waals surface area contributed by atoms with Gasteiger partial charge in [-0.15, -0.1) is 0 Å². The Bertz CT molecular complexity index is 525. The molecule has 2 rings (SSSR count). The quantitative estimate of drug-likeness (QED) is 0.840. The molecule has 0 bridgehead atoms.